The minimum Gasteiger partial charge on any atom is -0.378 e. The van der Waals surface area contributed by atoms with Gasteiger partial charge in [-0.1, -0.05) is 53.8 Å². The van der Waals surface area contributed by atoms with E-state index >= 15 is 0 Å². The van der Waals surface area contributed by atoms with Gasteiger partial charge in [-0.2, -0.15) is 14.7 Å². The number of fused-ring (bicyclic) bond motifs is 1. The summed E-state index contributed by atoms with van der Waals surface area (Å²) in [6.45, 7) is 0. The summed E-state index contributed by atoms with van der Waals surface area (Å²) in [5, 5.41) is 21.7. The van der Waals surface area contributed by atoms with Gasteiger partial charge in [0.15, 0.2) is 0 Å². The molecule has 0 amide bonds. The molecule has 0 atom stereocenters. The van der Waals surface area contributed by atoms with E-state index in [-0.39, 0.29) is 0 Å². The van der Waals surface area contributed by atoms with Crippen molar-refractivity contribution < 1.29 is 0 Å². The molecule has 0 bridgehead atoms. The Morgan fingerprint density at radius 1 is 0.929 bits per heavy atom. The van der Waals surface area contributed by atoms with Crippen LogP contribution in [0.2, 0.25) is 0 Å². The summed E-state index contributed by atoms with van der Waals surface area (Å²) < 4.78 is 1.77. The predicted molar refractivity (Wildman–Crippen MR) is 111 cm³/mol. The van der Waals surface area contributed by atoms with E-state index in [4.69, 9.17) is 5.10 Å². The number of aromatic amines is 1. The van der Waals surface area contributed by atoms with Crippen LogP contribution in [0.1, 0.15) is 0 Å². The number of benzene rings is 2. The average Bonchev–Trinajstić information content (AvgIpc) is 3.44. The first kappa shape index (κ1) is 16.6. The van der Waals surface area contributed by atoms with Gasteiger partial charge in [-0.3, -0.25) is 5.10 Å². The lowest BCUT2D eigenvalue weighted by molar-refractivity contribution is 0.954. The highest BCUT2D eigenvalue weighted by Gasteiger charge is 2.17. The van der Waals surface area contributed by atoms with Crippen molar-refractivity contribution in [3.05, 3.63) is 60.7 Å². The first-order chi connectivity index (χ1) is 13.7. The smallest absolute Gasteiger partial charge is 0.235 e. The zero-order chi connectivity index (χ0) is 19.1. The third-order valence-corrected chi connectivity index (χ3v) is 5.44. The molecule has 5 aromatic rings. The monoisotopic (exact) mass is 387 g/mol. The largest absolute Gasteiger partial charge is 0.378 e. The molecule has 0 fully saturated rings. The highest BCUT2D eigenvalue weighted by atomic mass is 32.1. The molecule has 0 radical (unpaired) electrons. The molecule has 3 heterocycles. The van der Waals surface area contributed by atoms with Crippen LogP contribution in [0, 0.1) is 0 Å². The molecule has 2 aromatic carbocycles. The highest BCUT2D eigenvalue weighted by Crippen LogP contribution is 2.30. The van der Waals surface area contributed by atoms with Crippen molar-refractivity contribution in [1.29, 1.82) is 0 Å². The molecule has 0 unspecified atom stereocenters. The molecule has 0 spiro atoms. The number of hydrogen-bond acceptors (Lipinski definition) is 6. The lowest BCUT2D eigenvalue weighted by Crippen LogP contribution is -2.08. The van der Waals surface area contributed by atoms with Gasteiger partial charge >= 0.3 is 0 Å². The molecule has 138 valence electrons. The predicted octanol–water partition coefficient (Wildman–Crippen LogP) is 3.98. The van der Waals surface area contributed by atoms with E-state index in [9.17, 15) is 0 Å². The summed E-state index contributed by atoms with van der Waals surface area (Å²) in [4.78, 5) is 2.82. The van der Waals surface area contributed by atoms with Crippen LogP contribution >= 0.6 is 11.3 Å². The second kappa shape index (κ2) is 6.58. The number of anilines is 1. The van der Waals surface area contributed by atoms with Crippen molar-refractivity contribution in [2.45, 2.75) is 0 Å². The number of H-pyrrole nitrogens is 1. The van der Waals surface area contributed by atoms with E-state index in [1.165, 1.54) is 11.3 Å². The molecule has 0 saturated heterocycles. The van der Waals surface area contributed by atoms with Gasteiger partial charge in [0.1, 0.15) is 10.7 Å². The van der Waals surface area contributed by atoms with Crippen LogP contribution in [-0.4, -0.2) is 44.1 Å². The number of nitrogens with one attached hydrogen (secondary N) is 1. The second-order valence-corrected chi connectivity index (χ2v) is 7.56. The maximum Gasteiger partial charge on any atom is 0.235 e. The molecule has 28 heavy (non-hydrogen) atoms. The maximum absolute atomic E-state index is 4.75. The zero-order valence-electron chi connectivity index (χ0n) is 15.4. The summed E-state index contributed by atoms with van der Waals surface area (Å²) in [6.07, 6.45) is 0. The minimum absolute atomic E-state index is 0.649. The molecule has 8 heteroatoms. The zero-order valence-corrected chi connectivity index (χ0v) is 16.2. The standard InChI is InChI=1S/C20H17N7S/c1-26(2)15-10-6-9-14(11-15)19-25-27-18(23-24-20(27)28-19)17-12-16(21-22-17)13-7-4-3-5-8-13/h3-12H,1-2H3,(H,21,22). The Labute approximate surface area is 165 Å². The van der Waals surface area contributed by atoms with Gasteiger partial charge in [0.25, 0.3) is 0 Å². The van der Waals surface area contributed by atoms with Gasteiger partial charge in [0, 0.05) is 30.9 Å². The summed E-state index contributed by atoms with van der Waals surface area (Å²) in [6, 6.07) is 20.3. The average molecular weight is 387 g/mol. The van der Waals surface area contributed by atoms with Crippen molar-refractivity contribution >= 4 is 22.0 Å². The fourth-order valence-corrected chi connectivity index (χ4v) is 3.85. The van der Waals surface area contributed by atoms with Gasteiger partial charge in [-0.05, 0) is 18.2 Å². The van der Waals surface area contributed by atoms with Crippen molar-refractivity contribution in [2.24, 2.45) is 0 Å². The van der Waals surface area contributed by atoms with Crippen LogP contribution in [0.4, 0.5) is 5.69 Å². The first-order valence-electron chi connectivity index (χ1n) is 8.80. The molecule has 7 nitrogen and oxygen atoms in total. The van der Waals surface area contributed by atoms with Crippen LogP contribution in [0.5, 0.6) is 0 Å². The van der Waals surface area contributed by atoms with Gasteiger partial charge < -0.3 is 4.90 Å². The third-order valence-electron chi connectivity index (χ3n) is 4.49. The molecule has 1 N–H and O–H groups in total. The van der Waals surface area contributed by atoms with Crippen LogP contribution < -0.4 is 4.90 Å². The van der Waals surface area contributed by atoms with Gasteiger partial charge in [-0.15, -0.1) is 10.2 Å². The van der Waals surface area contributed by atoms with Crippen LogP contribution in [0.15, 0.2) is 60.7 Å². The lowest BCUT2D eigenvalue weighted by Gasteiger charge is -2.12. The molecule has 0 aliphatic carbocycles. The van der Waals surface area contributed by atoms with E-state index in [1.54, 1.807) is 4.52 Å². The van der Waals surface area contributed by atoms with E-state index in [0.29, 0.717) is 5.82 Å². The quantitative estimate of drug-likeness (QED) is 0.505. The summed E-state index contributed by atoms with van der Waals surface area (Å²) >= 11 is 1.51. The molecular formula is C20H17N7S. The third kappa shape index (κ3) is 2.84. The molecular weight excluding hydrogens is 370 g/mol. The van der Waals surface area contributed by atoms with Crippen LogP contribution in [0.25, 0.3) is 38.3 Å². The number of rotatable bonds is 4. The van der Waals surface area contributed by atoms with Crippen LogP contribution in [0.3, 0.4) is 0 Å². The summed E-state index contributed by atoms with van der Waals surface area (Å²) in [5.41, 5.74) is 4.88. The van der Waals surface area contributed by atoms with E-state index in [0.717, 1.165) is 38.2 Å². The van der Waals surface area contributed by atoms with Crippen molar-refractivity contribution in [2.75, 3.05) is 19.0 Å². The SMILES string of the molecule is CN(C)c1cccc(-c2nn3c(-c4cc(-c5ccccc5)n[nH]4)nnc3s2)c1. The lowest BCUT2D eigenvalue weighted by atomic mass is 10.1. The molecule has 0 aliphatic heterocycles. The summed E-state index contributed by atoms with van der Waals surface area (Å²) in [7, 11) is 4.05. The number of nitrogens with zero attached hydrogens (tertiary/aromatic N) is 6. The van der Waals surface area contributed by atoms with Crippen molar-refractivity contribution in [1.82, 2.24) is 30.0 Å². The Morgan fingerprint density at radius 3 is 2.57 bits per heavy atom. The van der Waals surface area contributed by atoms with E-state index in [2.05, 4.69) is 43.5 Å². The van der Waals surface area contributed by atoms with Crippen molar-refractivity contribution in [3.63, 3.8) is 0 Å². The Balaban J connectivity index is 1.54. The Kier molecular flexibility index (Phi) is 3.91. The normalized spacial score (nSPS) is 11.2. The number of hydrogen-bond donors (Lipinski definition) is 1. The van der Waals surface area contributed by atoms with Crippen LogP contribution in [-0.2, 0) is 0 Å². The fraction of sp³-hybridized carbons (Fsp3) is 0.100. The second-order valence-electron chi connectivity index (χ2n) is 6.60. The van der Waals surface area contributed by atoms with E-state index in [1.807, 2.05) is 56.6 Å². The molecule has 5 rings (SSSR count). The molecule has 0 saturated carbocycles. The van der Waals surface area contributed by atoms with Gasteiger partial charge in [0.05, 0.1) is 5.69 Å². The summed E-state index contributed by atoms with van der Waals surface area (Å²) in [5.74, 6) is 0.649. The fourth-order valence-electron chi connectivity index (χ4n) is 3.01. The van der Waals surface area contributed by atoms with Gasteiger partial charge in [0.2, 0.25) is 10.8 Å². The highest BCUT2D eigenvalue weighted by molar-refractivity contribution is 7.19. The molecule has 3 aromatic heterocycles. The number of aromatic nitrogens is 6. The van der Waals surface area contributed by atoms with E-state index < -0.39 is 0 Å². The first-order valence-corrected chi connectivity index (χ1v) is 9.62. The minimum atomic E-state index is 0.649. The Bertz CT molecular complexity index is 1250. The molecule has 0 aliphatic rings. The Morgan fingerprint density at radius 2 is 1.75 bits per heavy atom. The van der Waals surface area contributed by atoms with Gasteiger partial charge in [-0.25, -0.2) is 0 Å². The Hall–Kier alpha value is -3.52. The van der Waals surface area contributed by atoms with Crippen molar-refractivity contribution in [3.8, 4) is 33.3 Å². The maximum atomic E-state index is 4.75. The topological polar surface area (TPSA) is 75.0 Å².